The highest BCUT2D eigenvalue weighted by atomic mass is 19.1. The molecule has 0 saturated heterocycles. The van der Waals surface area contributed by atoms with Crippen LogP contribution in [0.5, 0.6) is 11.5 Å². The van der Waals surface area contributed by atoms with Gasteiger partial charge in [-0.25, -0.2) is 4.39 Å². The van der Waals surface area contributed by atoms with Gasteiger partial charge in [0.25, 0.3) is 0 Å². The molecule has 0 aliphatic rings. The third-order valence-electron chi connectivity index (χ3n) is 2.85. The van der Waals surface area contributed by atoms with E-state index < -0.39 is 0 Å². The number of nitrogens with two attached hydrogens (primary N) is 1. The maximum Gasteiger partial charge on any atom is 0.161 e. The van der Waals surface area contributed by atoms with Crippen molar-refractivity contribution >= 4 is 0 Å². The van der Waals surface area contributed by atoms with Gasteiger partial charge in [-0.15, -0.1) is 0 Å². The number of halogens is 1. The fourth-order valence-electron chi connectivity index (χ4n) is 1.81. The largest absolute Gasteiger partial charge is 0.490 e. The minimum atomic E-state index is -0.254. The molecule has 2 aromatic carbocycles. The molecule has 0 spiro atoms. The summed E-state index contributed by atoms with van der Waals surface area (Å²) in [4.78, 5) is 0. The molecular weight excluding hydrogens is 257 g/mol. The average Bonchev–Trinajstić information content (AvgIpc) is 2.48. The number of ether oxygens (including phenoxy) is 2. The summed E-state index contributed by atoms with van der Waals surface area (Å²) in [6, 6.07) is 11.9. The molecule has 0 bridgehead atoms. The van der Waals surface area contributed by atoms with E-state index in [-0.39, 0.29) is 5.82 Å². The monoisotopic (exact) mass is 275 g/mol. The second kappa shape index (κ2) is 6.91. The van der Waals surface area contributed by atoms with E-state index in [4.69, 9.17) is 15.2 Å². The molecule has 3 nitrogen and oxygen atoms in total. The summed E-state index contributed by atoms with van der Waals surface area (Å²) in [7, 11) is 0. The first-order valence-electron chi connectivity index (χ1n) is 6.56. The maximum absolute atomic E-state index is 12.8. The zero-order valence-electron chi connectivity index (χ0n) is 11.4. The Labute approximate surface area is 118 Å². The molecule has 0 fully saturated rings. The highest BCUT2D eigenvalue weighted by molar-refractivity contribution is 5.43. The van der Waals surface area contributed by atoms with Crippen LogP contribution in [0.4, 0.5) is 4.39 Å². The van der Waals surface area contributed by atoms with E-state index >= 15 is 0 Å². The minimum Gasteiger partial charge on any atom is -0.490 e. The minimum absolute atomic E-state index is 0.254. The van der Waals surface area contributed by atoms with Gasteiger partial charge in [-0.1, -0.05) is 18.2 Å². The van der Waals surface area contributed by atoms with Gasteiger partial charge in [-0.3, -0.25) is 0 Å². The van der Waals surface area contributed by atoms with Crippen LogP contribution in [0, 0.1) is 5.82 Å². The summed E-state index contributed by atoms with van der Waals surface area (Å²) in [5.74, 6) is 1.09. The molecule has 4 heteroatoms. The summed E-state index contributed by atoms with van der Waals surface area (Å²) in [5.41, 5.74) is 7.50. The van der Waals surface area contributed by atoms with Crippen molar-refractivity contribution in [3.05, 3.63) is 59.4 Å². The van der Waals surface area contributed by atoms with E-state index in [1.807, 2.05) is 25.1 Å². The van der Waals surface area contributed by atoms with Gasteiger partial charge in [0.05, 0.1) is 6.61 Å². The maximum atomic E-state index is 12.8. The Balaban J connectivity index is 2.09. The standard InChI is InChI=1S/C16H18FNO2/c1-2-19-16-9-13(10-18)5-8-15(16)20-11-12-3-6-14(17)7-4-12/h3-9H,2,10-11,18H2,1H3. The van der Waals surface area contributed by atoms with Gasteiger partial charge in [0.2, 0.25) is 0 Å². The number of benzene rings is 2. The van der Waals surface area contributed by atoms with Crippen LogP contribution < -0.4 is 15.2 Å². The molecule has 0 amide bonds. The van der Waals surface area contributed by atoms with Crippen molar-refractivity contribution in [2.75, 3.05) is 6.61 Å². The normalized spacial score (nSPS) is 10.3. The Morgan fingerprint density at radius 1 is 0.950 bits per heavy atom. The van der Waals surface area contributed by atoms with Crippen LogP contribution in [-0.4, -0.2) is 6.61 Å². The van der Waals surface area contributed by atoms with Crippen LogP contribution in [0.25, 0.3) is 0 Å². The molecule has 0 aromatic heterocycles. The quantitative estimate of drug-likeness (QED) is 0.880. The van der Waals surface area contributed by atoms with Gasteiger partial charge in [0.1, 0.15) is 12.4 Å². The molecule has 0 radical (unpaired) electrons. The predicted molar refractivity (Wildman–Crippen MR) is 76.2 cm³/mol. The molecule has 0 aliphatic carbocycles. The first-order valence-corrected chi connectivity index (χ1v) is 6.56. The van der Waals surface area contributed by atoms with Crippen molar-refractivity contribution in [1.29, 1.82) is 0 Å². The van der Waals surface area contributed by atoms with Gasteiger partial charge >= 0.3 is 0 Å². The van der Waals surface area contributed by atoms with E-state index in [1.165, 1.54) is 12.1 Å². The van der Waals surface area contributed by atoms with Gasteiger partial charge < -0.3 is 15.2 Å². The third-order valence-corrected chi connectivity index (χ3v) is 2.85. The van der Waals surface area contributed by atoms with Gasteiger partial charge in [0, 0.05) is 6.54 Å². The van der Waals surface area contributed by atoms with Crippen molar-refractivity contribution < 1.29 is 13.9 Å². The van der Waals surface area contributed by atoms with Crippen LogP contribution in [0.3, 0.4) is 0 Å². The molecule has 2 rings (SSSR count). The zero-order valence-corrected chi connectivity index (χ0v) is 11.4. The number of rotatable bonds is 6. The van der Waals surface area contributed by atoms with Crippen molar-refractivity contribution in [3.63, 3.8) is 0 Å². The lowest BCUT2D eigenvalue weighted by Crippen LogP contribution is -2.02. The van der Waals surface area contributed by atoms with Crippen molar-refractivity contribution in [2.45, 2.75) is 20.1 Å². The molecule has 0 heterocycles. The fraction of sp³-hybridized carbons (Fsp3) is 0.250. The SMILES string of the molecule is CCOc1cc(CN)ccc1OCc1ccc(F)cc1. The summed E-state index contributed by atoms with van der Waals surface area (Å²) >= 11 is 0. The molecular formula is C16H18FNO2. The lowest BCUT2D eigenvalue weighted by molar-refractivity contribution is 0.269. The third kappa shape index (κ3) is 3.71. The topological polar surface area (TPSA) is 44.5 Å². The second-order valence-electron chi connectivity index (χ2n) is 4.33. The van der Waals surface area contributed by atoms with Crippen LogP contribution in [-0.2, 0) is 13.2 Å². The number of hydrogen-bond acceptors (Lipinski definition) is 3. The lowest BCUT2D eigenvalue weighted by atomic mass is 10.2. The first kappa shape index (κ1) is 14.3. The molecule has 2 N–H and O–H groups in total. The van der Waals surface area contributed by atoms with Crippen LogP contribution in [0.1, 0.15) is 18.1 Å². The Morgan fingerprint density at radius 2 is 1.65 bits per heavy atom. The Bertz CT molecular complexity index is 555. The summed E-state index contributed by atoms with van der Waals surface area (Å²) in [5, 5.41) is 0. The smallest absolute Gasteiger partial charge is 0.161 e. The van der Waals surface area contributed by atoms with E-state index in [0.29, 0.717) is 31.3 Å². The summed E-state index contributed by atoms with van der Waals surface area (Å²) in [6.07, 6.45) is 0. The highest BCUT2D eigenvalue weighted by Gasteiger charge is 2.06. The molecule has 0 unspecified atom stereocenters. The van der Waals surface area contributed by atoms with E-state index in [0.717, 1.165) is 11.1 Å². The molecule has 20 heavy (non-hydrogen) atoms. The van der Waals surface area contributed by atoms with Crippen molar-refractivity contribution in [3.8, 4) is 11.5 Å². The number of hydrogen-bond donors (Lipinski definition) is 1. The highest BCUT2D eigenvalue weighted by Crippen LogP contribution is 2.29. The predicted octanol–water partition coefficient (Wildman–Crippen LogP) is 3.26. The molecule has 0 aliphatic heterocycles. The summed E-state index contributed by atoms with van der Waals surface area (Å²) < 4.78 is 24.1. The first-order chi connectivity index (χ1) is 9.72. The Kier molecular flexibility index (Phi) is 4.96. The molecule has 106 valence electrons. The van der Waals surface area contributed by atoms with Gasteiger partial charge in [-0.05, 0) is 42.3 Å². The van der Waals surface area contributed by atoms with Crippen LogP contribution in [0.15, 0.2) is 42.5 Å². The second-order valence-corrected chi connectivity index (χ2v) is 4.33. The Hall–Kier alpha value is -2.07. The van der Waals surface area contributed by atoms with Crippen LogP contribution in [0.2, 0.25) is 0 Å². The van der Waals surface area contributed by atoms with E-state index in [2.05, 4.69) is 0 Å². The molecule has 2 aromatic rings. The molecule has 0 saturated carbocycles. The van der Waals surface area contributed by atoms with Gasteiger partial charge in [0.15, 0.2) is 11.5 Å². The van der Waals surface area contributed by atoms with E-state index in [1.54, 1.807) is 12.1 Å². The Morgan fingerprint density at radius 3 is 2.30 bits per heavy atom. The zero-order chi connectivity index (χ0) is 14.4. The average molecular weight is 275 g/mol. The summed E-state index contributed by atoms with van der Waals surface area (Å²) in [6.45, 7) is 3.29. The van der Waals surface area contributed by atoms with Gasteiger partial charge in [-0.2, -0.15) is 0 Å². The fourth-order valence-corrected chi connectivity index (χ4v) is 1.81. The molecule has 0 atom stereocenters. The van der Waals surface area contributed by atoms with Crippen LogP contribution >= 0.6 is 0 Å². The van der Waals surface area contributed by atoms with Crippen molar-refractivity contribution in [1.82, 2.24) is 0 Å². The van der Waals surface area contributed by atoms with E-state index in [9.17, 15) is 4.39 Å². The lowest BCUT2D eigenvalue weighted by Gasteiger charge is -2.13. The van der Waals surface area contributed by atoms with Crippen molar-refractivity contribution in [2.24, 2.45) is 5.73 Å².